The summed E-state index contributed by atoms with van der Waals surface area (Å²) >= 11 is 7.58. The second-order valence-corrected chi connectivity index (χ2v) is 17.0. The van der Waals surface area contributed by atoms with Crippen molar-refractivity contribution in [3.05, 3.63) is 41.9 Å². The smallest absolute Gasteiger partial charge is 0.408 e. The van der Waals surface area contributed by atoms with Gasteiger partial charge in [-0.05, 0) is 74.4 Å². The van der Waals surface area contributed by atoms with Crippen molar-refractivity contribution in [2.75, 3.05) is 13.2 Å². The molecular weight excluding hydrogens is 654 g/mol. The van der Waals surface area contributed by atoms with Gasteiger partial charge in [-0.1, -0.05) is 50.6 Å². The van der Waals surface area contributed by atoms with Crippen LogP contribution in [0.15, 0.2) is 41.8 Å². The Hall–Kier alpha value is -2.81. The third-order valence-corrected chi connectivity index (χ3v) is 12.4. The van der Waals surface area contributed by atoms with Crippen molar-refractivity contribution in [2.24, 2.45) is 11.3 Å². The van der Waals surface area contributed by atoms with Crippen molar-refractivity contribution < 1.29 is 32.3 Å². The Kier molecular flexibility index (Phi) is 10.0. The van der Waals surface area contributed by atoms with Gasteiger partial charge < -0.3 is 20.3 Å². The summed E-state index contributed by atoms with van der Waals surface area (Å²) in [7, 11) is -4.26. The lowest BCUT2D eigenvalue weighted by molar-refractivity contribution is -0.142. The molecule has 0 radical (unpaired) electrons. The molecule has 15 heteroatoms. The number of nitrogens with one attached hydrogen (secondary N) is 3. The van der Waals surface area contributed by atoms with E-state index in [0.717, 1.165) is 47.7 Å². The molecule has 1 aromatic rings. The van der Waals surface area contributed by atoms with Gasteiger partial charge >= 0.3 is 6.09 Å². The lowest BCUT2D eigenvalue weighted by Gasteiger charge is -2.35. The SMILES string of the molecule is C=C[C@@H]1C[C@]1(NC(=O)[C@@H]1CN(S(=O)(=O)c2ccccc2Cl)CN1C(=O)[C@@H](NC(=O)OC1CCCC1)C(C)(C)C)C(=O)NSC1CC1. The van der Waals surface area contributed by atoms with Gasteiger partial charge in [0.1, 0.15) is 28.6 Å². The highest BCUT2D eigenvalue weighted by molar-refractivity contribution is 7.98. The Morgan fingerprint density at radius 1 is 1.13 bits per heavy atom. The Morgan fingerprint density at radius 3 is 2.39 bits per heavy atom. The summed E-state index contributed by atoms with van der Waals surface area (Å²) < 4.78 is 37.0. The Labute approximate surface area is 279 Å². The number of hydrogen-bond donors (Lipinski definition) is 3. The summed E-state index contributed by atoms with van der Waals surface area (Å²) in [4.78, 5) is 55.5. The lowest BCUT2D eigenvalue weighted by atomic mass is 9.85. The number of rotatable bonds is 11. The molecule has 4 atom stereocenters. The first-order valence-corrected chi connectivity index (χ1v) is 18.3. The predicted octanol–water partition coefficient (Wildman–Crippen LogP) is 3.57. The highest BCUT2D eigenvalue weighted by Gasteiger charge is 2.61. The van der Waals surface area contributed by atoms with Crippen molar-refractivity contribution in [2.45, 2.75) is 99.6 Å². The van der Waals surface area contributed by atoms with Crippen LogP contribution < -0.4 is 15.4 Å². The van der Waals surface area contributed by atoms with E-state index in [4.69, 9.17) is 16.3 Å². The van der Waals surface area contributed by atoms with Crippen LogP contribution in [0.25, 0.3) is 0 Å². The molecule has 252 valence electrons. The molecule has 1 heterocycles. The quantitative estimate of drug-likeness (QED) is 0.235. The normalized spacial score (nSPS) is 25.9. The molecule has 46 heavy (non-hydrogen) atoms. The maximum absolute atomic E-state index is 14.3. The van der Waals surface area contributed by atoms with Gasteiger partial charge in [-0.3, -0.25) is 19.1 Å². The third kappa shape index (κ3) is 7.34. The average Bonchev–Trinajstić information content (AvgIpc) is 3.84. The molecule has 12 nitrogen and oxygen atoms in total. The van der Waals surface area contributed by atoms with Crippen molar-refractivity contribution in [3.8, 4) is 0 Å². The number of nitrogens with zero attached hydrogens (tertiary/aromatic N) is 2. The molecule has 1 aromatic carbocycles. The van der Waals surface area contributed by atoms with E-state index in [9.17, 15) is 27.6 Å². The Balaban J connectivity index is 1.42. The van der Waals surface area contributed by atoms with Gasteiger partial charge in [-0.25, -0.2) is 13.2 Å². The van der Waals surface area contributed by atoms with Crippen LogP contribution in [0.1, 0.15) is 65.7 Å². The van der Waals surface area contributed by atoms with Crippen molar-refractivity contribution >= 4 is 57.4 Å². The van der Waals surface area contributed by atoms with Crippen LogP contribution in [0, 0.1) is 11.3 Å². The van der Waals surface area contributed by atoms with Gasteiger partial charge in [-0.15, -0.1) is 6.58 Å². The van der Waals surface area contributed by atoms with Gasteiger partial charge in [-0.2, -0.15) is 4.31 Å². The first-order chi connectivity index (χ1) is 21.7. The number of alkyl carbamates (subject to hydrolysis) is 1. The number of sulfonamides is 1. The molecule has 4 aliphatic rings. The van der Waals surface area contributed by atoms with Crippen LogP contribution >= 0.6 is 23.5 Å². The molecule has 4 amide bonds. The summed E-state index contributed by atoms with van der Waals surface area (Å²) in [6.07, 6.45) is 6.31. The topological polar surface area (TPSA) is 154 Å². The zero-order valence-electron chi connectivity index (χ0n) is 26.3. The van der Waals surface area contributed by atoms with Crippen LogP contribution in [0.4, 0.5) is 4.79 Å². The largest absolute Gasteiger partial charge is 0.446 e. The predicted molar refractivity (Wildman–Crippen MR) is 174 cm³/mol. The van der Waals surface area contributed by atoms with Crippen molar-refractivity contribution in [1.29, 1.82) is 0 Å². The van der Waals surface area contributed by atoms with Gasteiger partial charge in [0.05, 0.1) is 11.7 Å². The minimum Gasteiger partial charge on any atom is -0.446 e. The Bertz CT molecular complexity index is 1490. The monoisotopic (exact) mass is 695 g/mol. The Morgan fingerprint density at radius 2 is 1.80 bits per heavy atom. The minimum atomic E-state index is -4.26. The number of halogens is 1. The van der Waals surface area contributed by atoms with E-state index in [1.54, 1.807) is 32.9 Å². The van der Waals surface area contributed by atoms with Crippen LogP contribution in [-0.2, 0) is 29.1 Å². The van der Waals surface area contributed by atoms with E-state index >= 15 is 0 Å². The fourth-order valence-electron chi connectivity index (χ4n) is 5.91. The summed E-state index contributed by atoms with van der Waals surface area (Å²) in [5.74, 6) is -2.06. The highest BCUT2D eigenvalue weighted by Crippen LogP contribution is 2.46. The molecule has 0 spiro atoms. The maximum atomic E-state index is 14.3. The summed E-state index contributed by atoms with van der Waals surface area (Å²) in [5, 5.41) is 5.86. The van der Waals surface area contributed by atoms with Crippen molar-refractivity contribution in [1.82, 2.24) is 24.6 Å². The van der Waals surface area contributed by atoms with E-state index in [2.05, 4.69) is 21.9 Å². The first kappa shape index (κ1) is 34.5. The van der Waals surface area contributed by atoms with E-state index in [-0.39, 0.29) is 34.4 Å². The van der Waals surface area contributed by atoms with Crippen LogP contribution in [0.3, 0.4) is 0 Å². The molecule has 4 fully saturated rings. The molecule has 0 unspecified atom stereocenters. The van der Waals surface area contributed by atoms with Crippen LogP contribution in [-0.4, -0.2) is 83.6 Å². The number of benzene rings is 1. The van der Waals surface area contributed by atoms with E-state index in [1.807, 2.05) is 0 Å². The van der Waals surface area contributed by atoms with Crippen LogP contribution in [0.2, 0.25) is 5.02 Å². The fraction of sp³-hybridized carbons (Fsp3) is 0.613. The van der Waals surface area contributed by atoms with E-state index < -0.39 is 57.6 Å². The molecular formula is C31H42ClN5O7S2. The summed E-state index contributed by atoms with van der Waals surface area (Å²) in [6, 6.07) is 3.45. The van der Waals surface area contributed by atoms with E-state index in [1.165, 1.54) is 30.1 Å². The zero-order chi connectivity index (χ0) is 33.4. The third-order valence-electron chi connectivity index (χ3n) is 8.95. The number of ether oxygens (including phenoxy) is 1. The molecule has 3 N–H and O–H groups in total. The summed E-state index contributed by atoms with van der Waals surface area (Å²) in [6.45, 7) is 8.20. The van der Waals surface area contributed by atoms with Gasteiger partial charge in [0, 0.05) is 17.7 Å². The molecule has 3 aliphatic carbocycles. The van der Waals surface area contributed by atoms with Crippen LogP contribution in [0.5, 0.6) is 0 Å². The van der Waals surface area contributed by atoms with Gasteiger partial charge in [0.15, 0.2) is 0 Å². The second kappa shape index (κ2) is 13.4. The second-order valence-electron chi connectivity index (χ2n) is 13.5. The fourth-order valence-corrected chi connectivity index (χ4v) is 8.62. The molecule has 1 saturated heterocycles. The average molecular weight is 696 g/mol. The van der Waals surface area contributed by atoms with E-state index in [0.29, 0.717) is 11.7 Å². The number of carbonyl (C=O) groups excluding carboxylic acids is 4. The summed E-state index contributed by atoms with van der Waals surface area (Å²) in [5.41, 5.74) is -2.11. The first-order valence-electron chi connectivity index (χ1n) is 15.6. The number of hydrogen-bond acceptors (Lipinski definition) is 8. The molecule has 0 aromatic heterocycles. The maximum Gasteiger partial charge on any atom is 0.408 e. The van der Waals surface area contributed by atoms with Gasteiger partial charge in [0.2, 0.25) is 21.8 Å². The number of carbonyl (C=O) groups is 4. The van der Waals surface area contributed by atoms with Gasteiger partial charge in [0.25, 0.3) is 5.91 Å². The zero-order valence-corrected chi connectivity index (χ0v) is 28.7. The van der Waals surface area contributed by atoms with Crippen molar-refractivity contribution in [3.63, 3.8) is 0 Å². The number of amides is 4. The molecule has 1 aliphatic heterocycles. The lowest BCUT2D eigenvalue weighted by Crippen LogP contribution is -2.60. The molecule has 5 rings (SSSR count). The molecule has 0 bridgehead atoms. The minimum absolute atomic E-state index is 0.00670. The molecule has 3 saturated carbocycles. The highest BCUT2D eigenvalue weighted by atomic mass is 35.5. The standard InChI is InChI=1S/C31H42ClN5O7S2/c1-5-19-16-31(19,28(40)35-45-21-14-15-21)34-26(38)23-17-36(46(42,43)24-13-9-8-12-22(24)32)18-37(23)27(39)25(30(2,3)4)33-29(41)44-20-10-6-7-11-20/h5,8-9,12-13,19-21,23,25H,1,6-7,10-11,14-18H2,2-4H3,(H,33,41)(H,34,38)(H,35,40)/t19-,23+,25-,31-/m1/s1.